The molecule has 0 aromatic carbocycles. The number of esters is 1. The minimum absolute atomic E-state index is 0.0552. The van der Waals surface area contributed by atoms with Crippen molar-refractivity contribution in [1.82, 2.24) is 19.6 Å². The summed E-state index contributed by atoms with van der Waals surface area (Å²) >= 11 is 0. The van der Waals surface area contributed by atoms with Gasteiger partial charge in [-0.1, -0.05) is 6.92 Å². The fourth-order valence-electron chi connectivity index (χ4n) is 1.51. The highest BCUT2D eigenvalue weighted by molar-refractivity contribution is 5.85. The van der Waals surface area contributed by atoms with Gasteiger partial charge in [-0.15, -0.1) is 5.10 Å². The molecular weight excluding hydrogens is 220 g/mol. The van der Waals surface area contributed by atoms with E-state index in [9.17, 15) is 4.79 Å². The summed E-state index contributed by atoms with van der Waals surface area (Å²) in [5, 5.41) is 4.07. The van der Waals surface area contributed by atoms with Crippen molar-refractivity contribution in [2.75, 3.05) is 6.61 Å². The predicted molar refractivity (Wildman–Crippen MR) is 60.8 cm³/mol. The molecule has 2 aromatic rings. The number of hydrogen-bond donors (Lipinski definition) is 0. The second-order valence-corrected chi connectivity index (χ2v) is 3.82. The van der Waals surface area contributed by atoms with Gasteiger partial charge in [-0.2, -0.15) is 4.98 Å². The lowest BCUT2D eigenvalue weighted by Gasteiger charge is -1.97. The largest absolute Gasteiger partial charge is 0.460 e. The fourth-order valence-corrected chi connectivity index (χ4v) is 1.51. The number of carbonyl (C=O) groups excluding carboxylic acids is 1. The maximum absolute atomic E-state index is 11.6. The first kappa shape index (κ1) is 11.5. The lowest BCUT2D eigenvalue weighted by atomic mass is 10.4. The van der Waals surface area contributed by atoms with Crippen molar-refractivity contribution in [3.8, 4) is 0 Å². The van der Waals surface area contributed by atoms with E-state index in [2.05, 4.69) is 15.1 Å². The molecule has 0 saturated heterocycles. The van der Waals surface area contributed by atoms with Crippen molar-refractivity contribution >= 4 is 11.7 Å². The molecule has 0 amide bonds. The average Bonchev–Trinajstić information content (AvgIpc) is 2.69. The number of aryl methyl sites for hydroxylation is 2. The molecule has 2 aromatic heterocycles. The minimum Gasteiger partial charge on any atom is -0.460 e. The Labute approximate surface area is 98.6 Å². The van der Waals surface area contributed by atoms with Crippen LogP contribution in [0.2, 0.25) is 0 Å². The number of ether oxygens (including phenoxy) is 1. The molecule has 2 heterocycles. The van der Waals surface area contributed by atoms with E-state index in [1.54, 1.807) is 0 Å². The molecule has 0 unspecified atom stereocenters. The summed E-state index contributed by atoms with van der Waals surface area (Å²) in [6.45, 7) is 6.06. The van der Waals surface area contributed by atoms with E-state index >= 15 is 0 Å². The molecular formula is C11H14N4O2. The Morgan fingerprint density at radius 1 is 1.41 bits per heavy atom. The molecule has 6 nitrogen and oxygen atoms in total. The van der Waals surface area contributed by atoms with Gasteiger partial charge in [-0.05, 0) is 26.3 Å². The molecule has 0 fully saturated rings. The van der Waals surface area contributed by atoms with Crippen LogP contribution in [0.25, 0.3) is 5.78 Å². The topological polar surface area (TPSA) is 69.4 Å². The van der Waals surface area contributed by atoms with Crippen LogP contribution in [-0.2, 0) is 4.74 Å². The summed E-state index contributed by atoms with van der Waals surface area (Å²) < 4.78 is 6.51. The molecule has 0 aliphatic carbocycles. The van der Waals surface area contributed by atoms with Gasteiger partial charge in [-0.3, -0.25) is 0 Å². The highest BCUT2D eigenvalue weighted by Crippen LogP contribution is 2.06. The van der Waals surface area contributed by atoms with Crippen molar-refractivity contribution < 1.29 is 9.53 Å². The first-order chi connectivity index (χ1) is 8.11. The summed E-state index contributed by atoms with van der Waals surface area (Å²) in [6.07, 6.45) is 0.773. The Morgan fingerprint density at radius 3 is 2.88 bits per heavy atom. The zero-order valence-electron chi connectivity index (χ0n) is 10.1. The van der Waals surface area contributed by atoms with Crippen LogP contribution in [0, 0.1) is 13.8 Å². The van der Waals surface area contributed by atoms with Crippen LogP contribution in [0.1, 0.15) is 35.4 Å². The van der Waals surface area contributed by atoms with Crippen LogP contribution in [0.15, 0.2) is 6.07 Å². The monoisotopic (exact) mass is 234 g/mol. The smallest absolute Gasteiger partial charge is 0.378 e. The molecule has 0 N–H and O–H groups in total. The molecule has 0 atom stereocenters. The van der Waals surface area contributed by atoms with Gasteiger partial charge in [-0.25, -0.2) is 14.3 Å². The lowest BCUT2D eigenvalue weighted by Crippen LogP contribution is -2.08. The third-order valence-electron chi connectivity index (χ3n) is 2.24. The van der Waals surface area contributed by atoms with Gasteiger partial charge in [0.15, 0.2) is 0 Å². The molecule has 0 bridgehead atoms. The molecule has 17 heavy (non-hydrogen) atoms. The van der Waals surface area contributed by atoms with Gasteiger partial charge in [0.25, 0.3) is 11.6 Å². The van der Waals surface area contributed by atoms with Crippen LogP contribution in [-0.4, -0.2) is 32.2 Å². The van der Waals surface area contributed by atoms with Gasteiger partial charge in [0.2, 0.25) is 0 Å². The molecule has 2 rings (SSSR count). The Kier molecular flexibility index (Phi) is 3.03. The Hall–Kier alpha value is -1.98. The number of hydrogen-bond acceptors (Lipinski definition) is 5. The van der Waals surface area contributed by atoms with Gasteiger partial charge in [0.1, 0.15) is 0 Å². The summed E-state index contributed by atoms with van der Waals surface area (Å²) in [7, 11) is 0. The van der Waals surface area contributed by atoms with Crippen LogP contribution < -0.4 is 0 Å². The van der Waals surface area contributed by atoms with Crippen LogP contribution in [0.4, 0.5) is 0 Å². The Balaban J connectivity index is 2.37. The van der Waals surface area contributed by atoms with E-state index < -0.39 is 5.97 Å². The third kappa shape index (κ3) is 2.25. The normalized spacial score (nSPS) is 10.8. The van der Waals surface area contributed by atoms with E-state index in [1.807, 2.05) is 26.8 Å². The van der Waals surface area contributed by atoms with Gasteiger partial charge in [0, 0.05) is 11.4 Å². The van der Waals surface area contributed by atoms with E-state index in [0.717, 1.165) is 17.8 Å². The third-order valence-corrected chi connectivity index (χ3v) is 2.24. The van der Waals surface area contributed by atoms with Gasteiger partial charge < -0.3 is 4.74 Å². The SMILES string of the molecule is CCCOC(=O)c1nc2nc(C)cc(C)n2n1. The zero-order chi connectivity index (χ0) is 12.4. The van der Waals surface area contributed by atoms with Crippen molar-refractivity contribution in [3.63, 3.8) is 0 Å². The number of fused-ring (bicyclic) bond motifs is 1. The highest BCUT2D eigenvalue weighted by atomic mass is 16.5. The molecule has 6 heteroatoms. The van der Waals surface area contributed by atoms with Crippen molar-refractivity contribution in [1.29, 1.82) is 0 Å². The average molecular weight is 234 g/mol. The number of aromatic nitrogens is 4. The maximum atomic E-state index is 11.6. The van der Waals surface area contributed by atoms with Crippen LogP contribution >= 0.6 is 0 Å². The van der Waals surface area contributed by atoms with Gasteiger partial charge >= 0.3 is 5.97 Å². The quantitative estimate of drug-likeness (QED) is 0.749. The van der Waals surface area contributed by atoms with E-state index in [-0.39, 0.29) is 5.82 Å². The van der Waals surface area contributed by atoms with Crippen molar-refractivity contribution in [2.24, 2.45) is 0 Å². The van der Waals surface area contributed by atoms with Gasteiger partial charge in [0.05, 0.1) is 6.61 Å². The van der Waals surface area contributed by atoms with Crippen molar-refractivity contribution in [2.45, 2.75) is 27.2 Å². The van der Waals surface area contributed by atoms with Crippen LogP contribution in [0.3, 0.4) is 0 Å². The summed E-state index contributed by atoms with van der Waals surface area (Å²) in [4.78, 5) is 19.8. The molecule has 0 spiro atoms. The van der Waals surface area contributed by atoms with E-state index in [1.165, 1.54) is 4.52 Å². The zero-order valence-corrected chi connectivity index (χ0v) is 10.1. The van der Waals surface area contributed by atoms with E-state index in [4.69, 9.17) is 4.74 Å². The van der Waals surface area contributed by atoms with Crippen LogP contribution in [0.5, 0.6) is 0 Å². The summed E-state index contributed by atoms with van der Waals surface area (Å²) in [5.41, 5.74) is 1.73. The highest BCUT2D eigenvalue weighted by Gasteiger charge is 2.15. The second kappa shape index (κ2) is 4.48. The molecule has 0 aliphatic heterocycles. The second-order valence-electron chi connectivity index (χ2n) is 3.82. The standard InChI is InChI=1S/C11H14N4O2/c1-4-5-17-10(16)9-13-11-12-7(2)6-8(3)15(11)14-9/h6H,4-5H2,1-3H3. The number of nitrogens with zero attached hydrogens (tertiary/aromatic N) is 4. The molecule has 0 saturated carbocycles. The van der Waals surface area contributed by atoms with E-state index in [0.29, 0.717) is 12.4 Å². The molecule has 0 radical (unpaired) electrons. The van der Waals surface area contributed by atoms with Crippen molar-refractivity contribution in [3.05, 3.63) is 23.3 Å². The minimum atomic E-state index is -0.505. The first-order valence-corrected chi connectivity index (χ1v) is 5.50. The maximum Gasteiger partial charge on any atom is 0.378 e. The Bertz CT molecular complexity index is 562. The fraction of sp³-hybridized carbons (Fsp3) is 0.455. The number of rotatable bonds is 3. The first-order valence-electron chi connectivity index (χ1n) is 5.50. The molecule has 0 aliphatic rings. The predicted octanol–water partition coefficient (Wildman–Crippen LogP) is 1.31. The lowest BCUT2D eigenvalue weighted by molar-refractivity contribution is 0.0491. The Morgan fingerprint density at radius 2 is 2.18 bits per heavy atom. The number of carbonyl (C=O) groups is 1. The summed E-state index contributed by atoms with van der Waals surface area (Å²) in [5.74, 6) is -0.0278. The molecule has 90 valence electrons. The summed E-state index contributed by atoms with van der Waals surface area (Å²) in [6, 6.07) is 1.88.